The van der Waals surface area contributed by atoms with Crippen LogP contribution in [0.25, 0.3) is 0 Å². The summed E-state index contributed by atoms with van der Waals surface area (Å²) in [4.78, 5) is 28.0. The van der Waals surface area contributed by atoms with Crippen LogP contribution in [0, 0.1) is 5.92 Å². The minimum atomic E-state index is 0.0977. The van der Waals surface area contributed by atoms with Crippen molar-refractivity contribution in [1.82, 2.24) is 14.9 Å². The average Bonchev–Trinajstić information content (AvgIpc) is 2.80. The standard InChI is InChI=1S/C23H31N5O/c1-26(18-19-5-7-21(8-6-19)27-13-3-2-4-14-27)23(29)20-9-15-28(16-10-20)22-17-24-11-12-25-22/h5-8,11-12,17,20H,2-4,9-10,13-16,18H2,1H3. The molecular formula is C23H31N5O. The van der Waals surface area contributed by atoms with Crippen molar-refractivity contribution in [2.75, 3.05) is 43.0 Å². The first-order valence-corrected chi connectivity index (χ1v) is 10.8. The molecule has 0 unspecified atom stereocenters. The van der Waals surface area contributed by atoms with E-state index >= 15 is 0 Å². The van der Waals surface area contributed by atoms with E-state index in [4.69, 9.17) is 0 Å². The predicted molar refractivity (Wildman–Crippen MR) is 116 cm³/mol. The second-order valence-electron chi connectivity index (χ2n) is 8.23. The summed E-state index contributed by atoms with van der Waals surface area (Å²) in [6.45, 7) is 4.69. The van der Waals surface area contributed by atoms with Crippen molar-refractivity contribution < 1.29 is 4.79 Å². The largest absolute Gasteiger partial charge is 0.372 e. The third-order valence-corrected chi connectivity index (χ3v) is 6.17. The van der Waals surface area contributed by atoms with E-state index < -0.39 is 0 Å². The first-order chi connectivity index (χ1) is 14.2. The van der Waals surface area contributed by atoms with Crippen molar-refractivity contribution in [1.29, 1.82) is 0 Å². The van der Waals surface area contributed by atoms with E-state index in [1.54, 1.807) is 18.6 Å². The lowest BCUT2D eigenvalue weighted by molar-refractivity contribution is -0.135. The monoisotopic (exact) mass is 393 g/mol. The van der Waals surface area contributed by atoms with Crippen LogP contribution in [0.1, 0.15) is 37.7 Å². The molecule has 3 heterocycles. The molecule has 0 radical (unpaired) electrons. The molecule has 4 rings (SSSR count). The molecule has 0 N–H and O–H groups in total. The number of hydrogen-bond acceptors (Lipinski definition) is 5. The quantitative estimate of drug-likeness (QED) is 0.780. The Morgan fingerprint density at radius 2 is 1.72 bits per heavy atom. The lowest BCUT2D eigenvalue weighted by Gasteiger charge is -2.33. The lowest BCUT2D eigenvalue weighted by atomic mass is 9.95. The zero-order chi connectivity index (χ0) is 20.1. The van der Waals surface area contributed by atoms with Crippen LogP contribution < -0.4 is 9.80 Å². The van der Waals surface area contributed by atoms with Crippen molar-refractivity contribution in [3.05, 3.63) is 48.4 Å². The fourth-order valence-corrected chi connectivity index (χ4v) is 4.44. The van der Waals surface area contributed by atoms with Gasteiger partial charge in [-0.05, 0) is 49.8 Å². The number of nitrogens with zero attached hydrogens (tertiary/aromatic N) is 5. The van der Waals surface area contributed by atoms with Crippen molar-refractivity contribution in [2.45, 2.75) is 38.6 Å². The normalized spacial score (nSPS) is 18.0. The minimum Gasteiger partial charge on any atom is -0.372 e. The third-order valence-electron chi connectivity index (χ3n) is 6.17. The second kappa shape index (κ2) is 9.25. The second-order valence-corrected chi connectivity index (χ2v) is 8.23. The zero-order valence-electron chi connectivity index (χ0n) is 17.3. The first kappa shape index (κ1) is 19.7. The molecule has 1 amide bonds. The molecule has 0 atom stereocenters. The number of piperidine rings is 2. The fourth-order valence-electron chi connectivity index (χ4n) is 4.44. The van der Waals surface area contributed by atoms with E-state index in [1.807, 2.05) is 11.9 Å². The van der Waals surface area contributed by atoms with Crippen LogP contribution in [-0.4, -0.2) is 54.0 Å². The number of rotatable bonds is 5. The summed E-state index contributed by atoms with van der Waals surface area (Å²) in [7, 11) is 1.93. The molecular weight excluding hydrogens is 362 g/mol. The number of benzene rings is 1. The van der Waals surface area contributed by atoms with E-state index in [2.05, 4.69) is 44.0 Å². The summed E-state index contributed by atoms with van der Waals surface area (Å²) in [5, 5.41) is 0. The molecule has 154 valence electrons. The first-order valence-electron chi connectivity index (χ1n) is 10.8. The van der Waals surface area contributed by atoms with Gasteiger partial charge in [0.05, 0.1) is 6.20 Å². The zero-order valence-corrected chi connectivity index (χ0v) is 17.3. The maximum absolute atomic E-state index is 12.9. The topological polar surface area (TPSA) is 52.6 Å². The molecule has 1 aromatic carbocycles. The lowest BCUT2D eigenvalue weighted by Crippen LogP contribution is -2.41. The van der Waals surface area contributed by atoms with E-state index in [9.17, 15) is 4.79 Å². The number of carbonyl (C=O) groups excluding carboxylic acids is 1. The summed E-state index contributed by atoms with van der Waals surface area (Å²) < 4.78 is 0. The summed E-state index contributed by atoms with van der Waals surface area (Å²) >= 11 is 0. The van der Waals surface area contributed by atoms with Crippen LogP contribution in [0.2, 0.25) is 0 Å². The van der Waals surface area contributed by atoms with E-state index in [0.717, 1.165) is 44.8 Å². The minimum absolute atomic E-state index is 0.0977. The maximum atomic E-state index is 12.9. The Morgan fingerprint density at radius 3 is 2.38 bits per heavy atom. The van der Waals surface area contributed by atoms with Gasteiger partial charge in [0.25, 0.3) is 0 Å². The molecule has 29 heavy (non-hydrogen) atoms. The van der Waals surface area contributed by atoms with Crippen LogP contribution in [0.3, 0.4) is 0 Å². The molecule has 2 fully saturated rings. The van der Waals surface area contributed by atoms with Crippen LogP contribution in [0.5, 0.6) is 0 Å². The van der Waals surface area contributed by atoms with Gasteiger partial charge in [-0.25, -0.2) is 4.98 Å². The van der Waals surface area contributed by atoms with Gasteiger partial charge in [-0.15, -0.1) is 0 Å². The summed E-state index contributed by atoms with van der Waals surface area (Å²) in [6.07, 6.45) is 10.9. The van der Waals surface area contributed by atoms with Crippen LogP contribution >= 0.6 is 0 Å². The molecule has 2 aliphatic rings. The Labute approximate surface area is 173 Å². The number of amides is 1. The Morgan fingerprint density at radius 1 is 1.00 bits per heavy atom. The SMILES string of the molecule is CN(Cc1ccc(N2CCCCC2)cc1)C(=O)C1CCN(c2cnccn2)CC1. The highest BCUT2D eigenvalue weighted by Crippen LogP contribution is 2.24. The molecule has 0 aliphatic carbocycles. The van der Waals surface area contributed by atoms with Crippen LogP contribution in [0.4, 0.5) is 11.5 Å². The van der Waals surface area contributed by atoms with Crippen LogP contribution in [-0.2, 0) is 11.3 Å². The van der Waals surface area contributed by atoms with Gasteiger partial charge in [0, 0.05) is 63.8 Å². The van der Waals surface area contributed by atoms with Gasteiger partial charge >= 0.3 is 0 Å². The molecule has 6 nitrogen and oxygen atoms in total. The summed E-state index contributed by atoms with van der Waals surface area (Å²) in [5.41, 5.74) is 2.50. The van der Waals surface area contributed by atoms with Crippen LogP contribution in [0.15, 0.2) is 42.9 Å². The average molecular weight is 394 g/mol. The van der Waals surface area contributed by atoms with Gasteiger partial charge in [0.2, 0.25) is 5.91 Å². The van der Waals surface area contributed by atoms with Gasteiger partial charge in [-0.3, -0.25) is 9.78 Å². The number of hydrogen-bond donors (Lipinski definition) is 0. The number of carbonyl (C=O) groups is 1. The van der Waals surface area contributed by atoms with E-state index in [0.29, 0.717) is 6.54 Å². The van der Waals surface area contributed by atoms with Crippen molar-refractivity contribution in [2.24, 2.45) is 5.92 Å². The summed E-state index contributed by atoms with van der Waals surface area (Å²) in [5.74, 6) is 1.25. The summed E-state index contributed by atoms with van der Waals surface area (Å²) in [6, 6.07) is 8.76. The molecule has 2 saturated heterocycles. The van der Waals surface area contributed by atoms with Gasteiger partial charge < -0.3 is 14.7 Å². The van der Waals surface area contributed by atoms with Crippen molar-refractivity contribution >= 4 is 17.4 Å². The third kappa shape index (κ3) is 4.86. The Bertz CT molecular complexity index is 781. The molecule has 1 aromatic heterocycles. The van der Waals surface area contributed by atoms with E-state index in [-0.39, 0.29) is 11.8 Å². The number of anilines is 2. The van der Waals surface area contributed by atoms with Gasteiger partial charge in [0.1, 0.15) is 5.82 Å². The number of aromatic nitrogens is 2. The predicted octanol–water partition coefficient (Wildman–Crippen LogP) is 3.34. The fraction of sp³-hybridized carbons (Fsp3) is 0.522. The van der Waals surface area contributed by atoms with Gasteiger partial charge in [0.15, 0.2) is 0 Å². The Kier molecular flexibility index (Phi) is 6.27. The molecule has 2 aliphatic heterocycles. The van der Waals surface area contributed by atoms with E-state index in [1.165, 1.54) is 30.5 Å². The highest BCUT2D eigenvalue weighted by molar-refractivity contribution is 5.79. The van der Waals surface area contributed by atoms with Gasteiger partial charge in [-0.2, -0.15) is 0 Å². The Balaban J connectivity index is 1.28. The molecule has 0 saturated carbocycles. The van der Waals surface area contributed by atoms with Gasteiger partial charge in [-0.1, -0.05) is 12.1 Å². The highest BCUT2D eigenvalue weighted by atomic mass is 16.2. The Hall–Kier alpha value is -2.63. The molecule has 0 bridgehead atoms. The van der Waals surface area contributed by atoms with Crippen molar-refractivity contribution in [3.63, 3.8) is 0 Å². The molecule has 6 heteroatoms. The molecule has 0 spiro atoms. The highest BCUT2D eigenvalue weighted by Gasteiger charge is 2.27. The smallest absolute Gasteiger partial charge is 0.225 e. The maximum Gasteiger partial charge on any atom is 0.225 e. The molecule has 2 aromatic rings. The van der Waals surface area contributed by atoms with Crippen molar-refractivity contribution in [3.8, 4) is 0 Å².